The first-order chi connectivity index (χ1) is 9.92. The Bertz CT molecular complexity index is 599. The zero-order valence-corrected chi connectivity index (χ0v) is 13.5. The smallest absolute Gasteiger partial charge is 0.242 e. The van der Waals surface area contributed by atoms with Crippen molar-refractivity contribution in [2.24, 2.45) is 5.41 Å². The molecule has 0 amide bonds. The highest BCUT2D eigenvalue weighted by Gasteiger charge is 2.42. The van der Waals surface area contributed by atoms with Crippen molar-refractivity contribution in [2.45, 2.75) is 30.8 Å². The molecule has 1 aliphatic rings. The summed E-state index contributed by atoms with van der Waals surface area (Å²) in [4.78, 5) is 0.0123. The Kier molecular flexibility index (Phi) is 5.27. The lowest BCUT2D eigenvalue weighted by Gasteiger charge is -2.16. The van der Waals surface area contributed by atoms with Crippen LogP contribution in [0.2, 0.25) is 5.02 Å². The van der Waals surface area contributed by atoms with E-state index in [9.17, 15) is 8.42 Å². The van der Waals surface area contributed by atoms with E-state index in [1.165, 1.54) is 12.1 Å². The average molecular weight is 334 g/mol. The molecule has 1 saturated carbocycles. The number of nitrogens with one attached hydrogen (secondary N) is 1. The monoisotopic (exact) mass is 333 g/mol. The molecule has 0 bridgehead atoms. The third kappa shape index (κ3) is 4.17. The number of sulfonamides is 1. The first kappa shape index (κ1) is 16.7. The molecule has 1 aromatic carbocycles. The summed E-state index contributed by atoms with van der Waals surface area (Å²) < 4.78 is 32.4. The maximum Gasteiger partial charge on any atom is 0.242 e. The first-order valence-corrected chi connectivity index (χ1v) is 8.66. The summed E-state index contributed by atoms with van der Waals surface area (Å²) in [6.07, 6.45) is 2.85. The molecule has 0 aliphatic heterocycles. The second-order valence-electron chi connectivity index (χ2n) is 5.49. The van der Waals surface area contributed by atoms with Crippen LogP contribution in [-0.4, -0.2) is 33.8 Å². The summed E-state index contributed by atoms with van der Waals surface area (Å²) in [5, 5.41) is 9.27. The highest BCUT2D eigenvalue weighted by molar-refractivity contribution is 7.89. The fourth-order valence-corrected chi connectivity index (χ4v) is 3.89. The largest absolute Gasteiger partial charge is 0.392 e. The van der Waals surface area contributed by atoms with Crippen LogP contribution in [0.5, 0.6) is 0 Å². The minimum absolute atomic E-state index is 0.0123. The fourth-order valence-electron chi connectivity index (χ4n) is 2.19. The lowest BCUT2D eigenvalue weighted by molar-refractivity contribution is 0.173. The zero-order valence-electron chi connectivity index (χ0n) is 11.9. The number of ether oxygens (including phenoxy) is 1. The van der Waals surface area contributed by atoms with E-state index in [2.05, 4.69) is 4.72 Å². The van der Waals surface area contributed by atoms with Crippen molar-refractivity contribution in [3.05, 3.63) is 28.8 Å². The van der Waals surface area contributed by atoms with Crippen LogP contribution in [0.3, 0.4) is 0 Å². The predicted octanol–water partition coefficient (Wildman–Crippen LogP) is 1.93. The van der Waals surface area contributed by atoms with Gasteiger partial charge in [0, 0.05) is 20.3 Å². The van der Waals surface area contributed by atoms with Gasteiger partial charge in [0.1, 0.15) is 4.90 Å². The van der Waals surface area contributed by atoms with Gasteiger partial charge in [-0.25, -0.2) is 13.1 Å². The van der Waals surface area contributed by atoms with Gasteiger partial charge in [-0.2, -0.15) is 0 Å². The lowest BCUT2D eigenvalue weighted by atomic mass is 10.0. The van der Waals surface area contributed by atoms with Crippen LogP contribution in [0, 0.1) is 5.41 Å². The van der Waals surface area contributed by atoms with Crippen LogP contribution in [-0.2, 0) is 21.4 Å². The molecule has 1 fully saturated rings. The molecule has 7 heteroatoms. The Morgan fingerprint density at radius 2 is 2.14 bits per heavy atom. The van der Waals surface area contributed by atoms with Crippen molar-refractivity contribution in [1.82, 2.24) is 4.72 Å². The van der Waals surface area contributed by atoms with E-state index in [1.807, 2.05) is 0 Å². The third-order valence-electron chi connectivity index (χ3n) is 3.90. The molecule has 0 radical (unpaired) electrons. The Hall–Kier alpha value is -0.660. The van der Waals surface area contributed by atoms with E-state index < -0.39 is 10.0 Å². The summed E-state index contributed by atoms with van der Waals surface area (Å²) in [5.41, 5.74) is 0.532. The van der Waals surface area contributed by atoms with Crippen molar-refractivity contribution < 1.29 is 18.3 Å². The SMILES string of the molecule is COCCC1(CNS(=O)(=O)c2cc(CO)ccc2Cl)CC1. The number of benzene rings is 1. The van der Waals surface area contributed by atoms with Gasteiger partial charge in [0.25, 0.3) is 0 Å². The van der Waals surface area contributed by atoms with Crippen LogP contribution in [0.15, 0.2) is 23.1 Å². The number of aliphatic hydroxyl groups is 1. The van der Waals surface area contributed by atoms with E-state index in [0.29, 0.717) is 18.7 Å². The summed E-state index contributed by atoms with van der Waals surface area (Å²) in [7, 11) is -2.04. The van der Waals surface area contributed by atoms with Gasteiger partial charge in [-0.15, -0.1) is 0 Å². The summed E-state index contributed by atoms with van der Waals surface area (Å²) >= 11 is 5.97. The first-order valence-electron chi connectivity index (χ1n) is 6.80. The number of aliphatic hydroxyl groups excluding tert-OH is 1. The van der Waals surface area contributed by atoms with E-state index in [4.69, 9.17) is 21.4 Å². The van der Waals surface area contributed by atoms with Crippen molar-refractivity contribution in [3.63, 3.8) is 0 Å². The van der Waals surface area contributed by atoms with Crippen molar-refractivity contribution in [2.75, 3.05) is 20.3 Å². The summed E-state index contributed by atoms with van der Waals surface area (Å²) in [5.74, 6) is 0. The van der Waals surface area contributed by atoms with Crippen LogP contribution in [0.25, 0.3) is 0 Å². The van der Waals surface area contributed by atoms with Gasteiger partial charge in [0.2, 0.25) is 10.0 Å². The van der Waals surface area contributed by atoms with E-state index >= 15 is 0 Å². The van der Waals surface area contributed by atoms with Gasteiger partial charge < -0.3 is 9.84 Å². The van der Waals surface area contributed by atoms with Crippen molar-refractivity contribution >= 4 is 21.6 Å². The topological polar surface area (TPSA) is 75.6 Å². The number of halogens is 1. The number of methoxy groups -OCH3 is 1. The second-order valence-corrected chi connectivity index (χ2v) is 7.63. The number of rotatable bonds is 8. The Morgan fingerprint density at radius 3 is 2.71 bits per heavy atom. The summed E-state index contributed by atoms with van der Waals surface area (Å²) in [6, 6.07) is 4.49. The molecule has 1 aliphatic carbocycles. The quantitative estimate of drug-likeness (QED) is 0.762. The van der Waals surface area contributed by atoms with Gasteiger partial charge in [0.05, 0.1) is 11.6 Å². The highest BCUT2D eigenvalue weighted by Crippen LogP contribution is 2.48. The van der Waals surface area contributed by atoms with Gasteiger partial charge in [0.15, 0.2) is 0 Å². The molecule has 2 rings (SSSR count). The minimum atomic E-state index is -3.68. The molecule has 2 N–H and O–H groups in total. The highest BCUT2D eigenvalue weighted by atomic mass is 35.5. The Balaban J connectivity index is 2.08. The number of hydrogen-bond acceptors (Lipinski definition) is 4. The Morgan fingerprint density at radius 1 is 1.43 bits per heavy atom. The molecular formula is C14H20ClNO4S. The second kappa shape index (κ2) is 6.62. The third-order valence-corrected chi connectivity index (χ3v) is 5.78. The predicted molar refractivity (Wildman–Crippen MR) is 80.7 cm³/mol. The Labute approximate surface area is 130 Å². The summed E-state index contributed by atoms with van der Waals surface area (Å²) in [6.45, 7) is 0.790. The molecule has 5 nitrogen and oxygen atoms in total. The normalized spacial score (nSPS) is 16.9. The van der Waals surface area contributed by atoms with Gasteiger partial charge in [-0.1, -0.05) is 17.7 Å². The molecule has 21 heavy (non-hydrogen) atoms. The van der Waals surface area contributed by atoms with Crippen LogP contribution >= 0.6 is 11.6 Å². The minimum Gasteiger partial charge on any atom is -0.392 e. The maximum atomic E-state index is 12.4. The van der Waals surface area contributed by atoms with E-state index in [1.54, 1.807) is 13.2 Å². The van der Waals surface area contributed by atoms with Gasteiger partial charge in [-0.3, -0.25) is 0 Å². The van der Waals surface area contributed by atoms with Crippen LogP contribution < -0.4 is 4.72 Å². The average Bonchev–Trinajstić information content (AvgIpc) is 3.24. The molecule has 0 spiro atoms. The molecule has 0 heterocycles. The standard InChI is InChI=1S/C14H20ClNO4S/c1-20-7-6-14(4-5-14)10-16-21(18,19)13-8-11(9-17)2-3-12(13)15/h2-3,8,16-17H,4-7,9-10H2,1H3. The van der Waals surface area contributed by atoms with Crippen LogP contribution in [0.4, 0.5) is 0 Å². The van der Waals surface area contributed by atoms with E-state index in [0.717, 1.165) is 19.3 Å². The molecular weight excluding hydrogens is 314 g/mol. The fraction of sp³-hybridized carbons (Fsp3) is 0.571. The molecule has 1 aromatic rings. The molecule has 0 atom stereocenters. The molecule has 0 aromatic heterocycles. The zero-order chi connectivity index (χ0) is 15.5. The van der Waals surface area contributed by atoms with Crippen molar-refractivity contribution in [3.8, 4) is 0 Å². The molecule has 118 valence electrons. The van der Waals surface area contributed by atoms with Crippen molar-refractivity contribution in [1.29, 1.82) is 0 Å². The number of hydrogen-bond donors (Lipinski definition) is 2. The van der Waals surface area contributed by atoms with Gasteiger partial charge in [-0.05, 0) is 42.4 Å². The maximum absolute atomic E-state index is 12.4. The lowest BCUT2D eigenvalue weighted by Crippen LogP contribution is -2.31. The van der Waals surface area contributed by atoms with Crippen LogP contribution in [0.1, 0.15) is 24.8 Å². The molecule has 0 unspecified atom stereocenters. The molecule has 0 saturated heterocycles. The van der Waals surface area contributed by atoms with Gasteiger partial charge >= 0.3 is 0 Å². The van der Waals surface area contributed by atoms with E-state index in [-0.39, 0.29) is 21.9 Å².